The fourth-order valence-corrected chi connectivity index (χ4v) is 7.86. The Morgan fingerprint density at radius 3 is 2.24 bits per heavy atom. The number of carbonyl (C=O) groups is 1. The molecule has 0 saturated carbocycles. The number of hydrogen-bond donors (Lipinski definition) is 0. The molecule has 4 heterocycles. The number of hydrogen-bond acceptors (Lipinski definition) is 6. The van der Waals surface area contributed by atoms with Crippen molar-refractivity contribution >= 4 is 27.3 Å². The van der Waals surface area contributed by atoms with Crippen molar-refractivity contribution in [2.24, 2.45) is 0 Å². The highest BCUT2D eigenvalue weighted by atomic mass is 32.2. The molecule has 0 spiro atoms. The van der Waals surface area contributed by atoms with Gasteiger partial charge in [-0.25, -0.2) is 8.42 Å². The summed E-state index contributed by atoms with van der Waals surface area (Å²) in [5.41, 5.74) is 2.24. The zero-order chi connectivity index (χ0) is 22.8. The first kappa shape index (κ1) is 23.0. The standard InChI is InChI=1S/C24H32N4O3S2/c29-24(27-16-14-26(15-17-27)13-12-25-9-3-4-10-25)23-22(8-18-32-23)33(30,31)28-11-7-20-5-1-2-6-21(20)19-28/h1-2,5-6,8,18H,3-4,7,9-17,19H2. The van der Waals surface area contributed by atoms with E-state index in [0.717, 1.165) is 31.7 Å². The van der Waals surface area contributed by atoms with E-state index in [4.69, 9.17) is 0 Å². The molecule has 0 aliphatic carbocycles. The van der Waals surface area contributed by atoms with E-state index < -0.39 is 10.0 Å². The zero-order valence-corrected chi connectivity index (χ0v) is 20.6. The Bertz CT molecular complexity index is 1090. The number of benzene rings is 1. The first-order chi connectivity index (χ1) is 16.0. The molecule has 0 bridgehead atoms. The topological polar surface area (TPSA) is 64.2 Å². The van der Waals surface area contributed by atoms with Gasteiger partial charge in [0.05, 0.1) is 0 Å². The van der Waals surface area contributed by atoms with E-state index in [2.05, 4.69) is 15.9 Å². The molecule has 0 atom stereocenters. The summed E-state index contributed by atoms with van der Waals surface area (Å²) in [6.07, 6.45) is 3.30. The Morgan fingerprint density at radius 1 is 0.848 bits per heavy atom. The highest BCUT2D eigenvalue weighted by Gasteiger charge is 2.34. The Kier molecular flexibility index (Phi) is 6.85. The van der Waals surface area contributed by atoms with Crippen LogP contribution in [-0.4, -0.2) is 92.2 Å². The van der Waals surface area contributed by atoms with Crippen LogP contribution in [0.15, 0.2) is 40.6 Å². The molecule has 178 valence electrons. The van der Waals surface area contributed by atoms with Crippen LogP contribution in [0.1, 0.15) is 33.6 Å². The van der Waals surface area contributed by atoms with Crippen LogP contribution in [0.5, 0.6) is 0 Å². The monoisotopic (exact) mass is 488 g/mol. The summed E-state index contributed by atoms with van der Waals surface area (Å²) in [7, 11) is -3.72. The Hall–Kier alpha value is -1.78. The molecule has 0 radical (unpaired) electrons. The molecule has 0 N–H and O–H groups in total. The van der Waals surface area contributed by atoms with Crippen LogP contribution in [-0.2, 0) is 23.0 Å². The molecule has 2 saturated heterocycles. The fraction of sp³-hybridized carbons (Fsp3) is 0.542. The van der Waals surface area contributed by atoms with Gasteiger partial charge < -0.3 is 9.80 Å². The van der Waals surface area contributed by atoms with Gasteiger partial charge in [-0.2, -0.15) is 4.31 Å². The highest BCUT2D eigenvalue weighted by Crippen LogP contribution is 2.30. The van der Waals surface area contributed by atoms with Crippen LogP contribution in [0, 0.1) is 0 Å². The van der Waals surface area contributed by atoms with E-state index in [0.29, 0.717) is 37.5 Å². The average Bonchev–Trinajstić information content (AvgIpc) is 3.55. The number of thiophene rings is 1. The Morgan fingerprint density at radius 2 is 1.52 bits per heavy atom. The lowest BCUT2D eigenvalue weighted by Gasteiger charge is -2.35. The van der Waals surface area contributed by atoms with Crippen LogP contribution in [0.4, 0.5) is 0 Å². The van der Waals surface area contributed by atoms with Gasteiger partial charge in [0.15, 0.2) is 0 Å². The second-order valence-corrected chi connectivity index (χ2v) is 12.0. The van der Waals surface area contributed by atoms with Crippen LogP contribution in [0.2, 0.25) is 0 Å². The average molecular weight is 489 g/mol. The minimum absolute atomic E-state index is 0.153. The molecule has 2 aromatic rings. The van der Waals surface area contributed by atoms with E-state index in [9.17, 15) is 13.2 Å². The van der Waals surface area contributed by atoms with Crippen molar-refractivity contribution < 1.29 is 13.2 Å². The van der Waals surface area contributed by atoms with Gasteiger partial charge in [0.2, 0.25) is 10.0 Å². The largest absolute Gasteiger partial charge is 0.335 e. The van der Waals surface area contributed by atoms with E-state index in [-0.39, 0.29) is 10.8 Å². The molecule has 1 amide bonds. The molecule has 33 heavy (non-hydrogen) atoms. The summed E-state index contributed by atoms with van der Waals surface area (Å²) in [6.45, 7) is 8.33. The predicted octanol–water partition coefficient (Wildman–Crippen LogP) is 2.35. The number of carbonyl (C=O) groups excluding carboxylic acids is 1. The summed E-state index contributed by atoms with van der Waals surface area (Å²) < 4.78 is 28.5. The molecule has 9 heteroatoms. The number of nitrogens with zero attached hydrogens (tertiary/aromatic N) is 4. The molecule has 0 unspecified atom stereocenters. The van der Waals surface area contributed by atoms with Crippen molar-refractivity contribution in [2.45, 2.75) is 30.7 Å². The summed E-state index contributed by atoms with van der Waals surface area (Å²) in [6, 6.07) is 9.58. The molecular formula is C24H32N4O3S2. The van der Waals surface area contributed by atoms with E-state index >= 15 is 0 Å². The fourth-order valence-electron chi connectivity index (χ4n) is 5.08. The summed E-state index contributed by atoms with van der Waals surface area (Å²) in [5, 5.41) is 1.73. The maximum absolute atomic E-state index is 13.5. The lowest BCUT2D eigenvalue weighted by atomic mass is 10.0. The molecule has 3 aliphatic heterocycles. The second-order valence-electron chi connectivity index (χ2n) is 9.15. The molecule has 1 aromatic heterocycles. The molecule has 3 aliphatic rings. The van der Waals surface area contributed by atoms with Crippen LogP contribution >= 0.6 is 11.3 Å². The highest BCUT2D eigenvalue weighted by molar-refractivity contribution is 7.89. The lowest BCUT2D eigenvalue weighted by molar-refractivity contribution is 0.0628. The summed E-state index contributed by atoms with van der Waals surface area (Å²) >= 11 is 1.24. The summed E-state index contributed by atoms with van der Waals surface area (Å²) in [5.74, 6) is -0.153. The third-order valence-corrected chi connectivity index (χ3v) is 10.0. The van der Waals surface area contributed by atoms with Gasteiger partial charge in [0, 0.05) is 52.4 Å². The smallest absolute Gasteiger partial charge is 0.265 e. The zero-order valence-electron chi connectivity index (χ0n) is 19.0. The van der Waals surface area contributed by atoms with Crippen molar-refractivity contribution in [3.63, 3.8) is 0 Å². The first-order valence-electron chi connectivity index (χ1n) is 11.9. The van der Waals surface area contributed by atoms with E-state index in [1.165, 1.54) is 47.1 Å². The SMILES string of the molecule is O=C(c1sccc1S(=O)(=O)N1CCc2ccccc2C1)N1CCN(CCN2CCCC2)CC1. The van der Waals surface area contributed by atoms with Crippen molar-refractivity contribution in [1.29, 1.82) is 0 Å². The van der Waals surface area contributed by atoms with Gasteiger partial charge in [-0.05, 0) is 54.9 Å². The van der Waals surface area contributed by atoms with E-state index in [1.54, 1.807) is 11.4 Å². The van der Waals surface area contributed by atoms with Crippen molar-refractivity contribution in [3.8, 4) is 0 Å². The molecule has 2 fully saturated rings. The number of sulfonamides is 1. The normalized spacial score (nSPS) is 20.8. The Labute approximate surface area is 200 Å². The van der Waals surface area contributed by atoms with Crippen molar-refractivity contribution in [3.05, 3.63) is 51.7 Å². The minimum Gasteiger partial charge on any atom is -0.335 e. The Balaban J connectivity index is 1.23. The number of piperazine rings is 1. The van der Waals surface area contributed by atoms with Gasteiger partial charge >= 0.3 is 0 Å². The maximum atomic E-state index is 13.5. The van der Waals surface area contributed by atoms with Gasteiger partial charge in [0.1, 0.15) is 9.77 Å². The lowest BCUT2D eigenvalue weighted by Crippen LogP contribution is -2.50. The van der Waals surface area contributed by atoms with Gasteiger partial charge in [-0.3, -0.25) is 9.69 Å². The molecule has 5 rings (SSSR count). The number of rotatable bonds is 6. The number of amides is 1. The van der Waals surface area contributed by atoms with E-state index in [1.807, 2.05) is 23.1 Å². The van der Waals surface area contributed by atoms with Crippen LogP contribution in [0.3, 0.4) is 0 Å². The number of fused-ring (bicyclic) bond motifs is 1. The van der Waals surface area contributed by atoms with Gasteiger partial charge in [-0.15, -0.1) is 11.3 Å². The molecular weight excluding hydrogens is 456 g/mol. The quantitative estimate of drug-likeness (QED) is 0.625. The van der Waals surface area contributed by atoms with Crippen molar-refractivity contribution in [1.82, 2.24) is 19.0 Å². The molecule has 7 nitrogen and oxygen atoms in total. The predicted molar refractivity (Wildman–Crippen MR) is 130 cm³/mol. The third-order valence-electron chi connectivity index (χ3n) is 7.13. The second kappa shape index (κ2) is 9.84. The van der Waals surface area contributed by atoms with Crippen molar-refractivity contribution in [2.75, 3.05) is 58.9 Å². The first-order valence-corrected chi connectivity index (χ1v) is 14.2. The van der Waals surface area contributed by atoms with Crippen LogP contribution < -0.4 is 0 Å². The molecule has 1 aromatic carbocycles. The summed E-state index contributed by atoms with van der Waals surface area (Å²) in [4.78, 5) is 20.6. The number of likely N-dealkylation sites (tertiary alicyclic amines) is 1. The van der Waals surface area contributed by atoms with Gasteiger partial charge in [0.25, 0.3) is 5.91 Å². The van der Waals surface area contributed by atoms with Gasteiger partial charge in [-0.1, -0.05) is 24.3 Å². The maximum Gasteiger partial charge on any atom is 0.265 e. The van der Waals surface area contributed by atoms with Crippen LogP contribution in [0.25, 0.3) is 0 Å². The minimum atomic E-state index is -3.72. The third kappa shape index (κ3) is 4.88.